The largest absolute Gasteiger partial charge is 0.417 e. The van der Waals surface area contributed by atoms with Crippen molar-refractivity contribution in [3.8, 4) is 0 Å². The highest BCUT2D eigenvalue weighted by atomic mass is 19.4. The number of Topliss-reactive ketones (excluding diaryl/α,β-unsaturated/α-hetero) is 1. The van der Waals surface area contributed by atoms with Crippen LogP contribution in [0, 0.1) is 5.82 Å². The SMILES string of the molecule is O=C1CCN(c2ccc(F)c3cc(C(F)(F)F)cnc23)CC1. The van der Waals surface area contributed by atoms with Crippen LogP contribution in [0.3, 0.4) is 0 Å². The zero-order valence-electron chi connectivity index (χ0n) is 11.5. The molecule has 0 N–H and O–H groups in total. The van der Waals surface area contributed by atoms with Crippen LogP contribution in [-0.4, -0.2) is 23.9 Å². The Hall–Kier alpha value is -2.18. The minimum Gasteiger partial charge on any atom is -0.369 e. The number of ketones is 1. The van der Waals surface area contributed by atoms with Gasteiger partial charge in [0.15, 0.2) is 0 Å². The molecule has 0 unspecified atom stereocenters. The molecule has 0 saturated carbocycles. The highest BCUT2D eigenvalue weighted by Crippen LogP contribution is 2.34. The second-order valence-electron chi connectivity index (χ2n) is 5.21. The van der Waals surface area contributed by atoms with Crippen molar-refractivity contribution in [2.75, 3.05) is 18.0 Å². The number of halogens is 4. The van der Waals surface area contributed by atoms with E-state index in [1.807, 2.05) is 4.90 Å². The molecule has 1 aromatic heterocycles. The van der Waals surface area contributed by atoms with E-state index in [0.29, 0.717) is 37.8 Å². The molecule has 1 aliphatic heterocycles. The Balaban J connectivity index is 2.09. The molecule has 1 fully saturated rings. The van der Waals surface area contributed by atoms with Gasteiger partial charge in [0.2, 0.25) is 0 Å². The van der Waals surface area contributed by atoms with Crippen LogP contribution in [0.4, 0.5) is 23.2 Å². The average Bonchev–Trinajstić information content (AvgIpc) is 2.48. The molecule has 1 saturated heterocycles. The number of alkyl halides is 3. The van der Waals surface area contributed by atoms with E-state index in [1.165, 1.54) is 6.07 Å². The van der Waals surface area contributed by atoms with Gasteiger partial charge in [-0.1, -0.05) is 0 Å². The molecule has 22 heavy (non-hydrogen) atoms. The molecular formula is C15H12F4N2O. The summed E-state index contributed by atoms with van der Waals surface area (Å²) in [4.78, 5) is 17.0. The van der Waals surface area contributed by atoms with Crippen molar-refractivity contribution in [3.63, 3.8) is 0 Å². The first-order chi connectivity index (χ1) is 10.4. The standard InChI is InChI=1S/C15H12F4N2O/c16-12-1-2-13(21-5-3-10(22)4-6-21)14-11(12)7-9(8-20-14)15(17,18)19/h1-2,7-8H,3-6H2. The van der Waals surface area contributed by atoms with Gasteiger partial charge < -0.3 is 4.90 Å². The summed E-state index contributed by atoms with van der Waals surface area (Å²) in [5.74, 6) is -0.597. The number of hydrogen-bond donors (Lipinski definition) is 0. The van der Waals surface area contributed by atoms with E-state index in [4.69, 9.17) is 0 Å². The minimum absolute atomic E-state index is 0.148. The Morgan fingerprint density at radius 3 is 2.45 bits per heavy atom. The molecule has 7 heteroatoms. The molecule has 0 amide bonds. The van der Waals surface area contributed by atoms with Crippen LogP contribution >= 0.6 is 0 Å². The summed E-state index contributed by atoms with van der Waals surface area (Å²) in [6.07, 6.45) is -3.11. The van der Waals surface area contributed by atoms with Crippen molar-refractivity contribution < 1.29 is 22.4 Å². The molecule has 1 aromatic carbocycles. The fourth-order valence-corrected chi connectivity index (χ4v) is 2.58. The van der Waals surface area contributed by atoms with Crippen molar-refractivity contribution in [2.24, 2.45) is 0 Å². The van der Waals surface area contributed by atoms with Gasteiger partial charge in [-0.3, -0.25) is 9.78 Å². The number of benzene rings is 1. The molecule has 0 atom stereocenters. The summed E-state index contributed by atoms with van der Waals surface area (Å²) >= 11 is 0. The maximum absolute atomic E-state index is 13.9. The van der Waals surface area contributed by atoms with E-state index in [-0.39, 0.29) is 16.7 Å². The van der Waals surface area contributed by atoms with E-state index in [1.54, 1.807) is 0 Å². The zero-order valence-corrected chi connectivity index (χ0v) is 11.5. The molecule has 1 aliphatic rings. The summed E-state index contributed by atoms with van der Waals surface area (Å²) in [6.45, 7) is 0.921. The molecule has 0 aliphatic carbocycles. The number of nitrogens with zero attached hydrogens (tertiary/aromatic N) is 2. The van der Waals surface area contributed by atoms with E-state index in [9.17, 15) is 22.4 Å². The average molecular weight is 312 g/mol. The Kier molecular flexibility index (Phi) is 3.50. The van der Waals surface area contributed by atoms with Crippen LogP contribution in [0.1, 0.15) is 18.4 Å². The predicted octanol–water partition coefficient (Wildman–Crippen LogP) is 3.56. The van der Waals surface area contributed by atoms with Gasteiger partial charge in [-0.25, -0.2) is 4.39 Å². The van der Waals surface area contributed by atoms with Gasteiger partial charge in [0.1, 0.15) is 11.6 Å². The zero-order chi connectivity index (χ0) is 15.9. The number of anilines is 1. The first-order valence-electron chi connectivity index (χ1n) is 6.78. The Labute approximate surface area is 123 Å². The number of carbonyl (C=O) groups is 1. The van der Waals surface area contributed by atoms with E-state index < -0.39 is 17.6 Å². The number of fused-ring (bicyclic) bond motifs is 1. The van der Waals surface area contributed by atoms with Crippen LogP contribution in [-0.2, 0) is 11.0 Å². The van der Waals surface area contributed by atoms with Gasteiger partial charge in [0, 0.05) is 37.5 Å². The van der Waals surface area contributed by atoms with Crippen LogP contribution < -0.4 is 4.90 Å². The van der Waals surface area contributed by atoms with Gasteiger partial charge in [-0.05, 0) is 18.2 Å². The van der Waals surface area contributed by atoms with Gasteiger partial charge in [-0.2, -0.15) is 13.2 Å². The molecule has 3 nitrogen and oxygen atoms in total. The third-order valence-electron chi connectivity index (χ3n) is 3.76. The number of piperidine rings is 1. The van der Waals surface area contributed by atoms with Gasteiger partial charge in [-0.15, -0.1) is 0 Å². The molecule has 116 valence electrons. The van der Waals surface area contributed by atoms with Crippen molar-refractivity contribution in [2.45, 2.75) is 19.0 Å². The molecule has 0 bridgehead atoms. The van der Waals surface area contributed by atoms with Crippen LogP contribution in [0.15, 0.2) is 24.4 Å². The first-order valence-corrected chi connectivity index (χ1v) is 6.78. The van der Waals surface area contributed by atoms with Crippen molar-refractivity contribution >= 4 is 22.4 Å². The molecule has 2 aromatic rings. The number of rotatable bonds is 1. The van der Waals surface area contributed by atoms with E-state index >= 15 is 0 Å². The lowest BCUT2D eigenvalue weighted by molar-refractivity contribution is -0.137. The monoisotopic (exact) mass is 312 g/mol. The molecule has 3 rings (SSSR count). The predicted molar refractivity (Wildman–Crippen MR) is 73.2 cm³/mol. The lowest BCUT2D eigenvalue weighted by Gasteiger charge is -2.29. The van der Waals surface area contributed by atoms with Gasteiger partial charge in [0.05, 0.1) is 16.8 Å². The number of aromatic nitrogens is 1. The third kappa shape index (κ3) is 2.63. The highest BCUT2D eigenvalue weighted by molar-refractivity contribution is 5.92. The smallest absolute Gasteiger partial charge is 0.369 e. The first kappa shape index (κ1) is 14.7. The van der Waals surface area contributed by atoms with Crippen LogP contribution in [0.2, 0.25) is 0 Å². The third-order valence-corrected chi connectivity index (χ3v) is 3.76. The Morgan fingerprint density at radius 1 is 1.14 bits per heavy atom. The second kappa shape index (κ2) is 5.23. The summed E-state index contributed by atoms with van der Waals surface area (Å²) in [5, 5.41) is -0.163. The minimum atomic E-state index is -4.57. The fraction of sp³-hybridized carbons (Fsp3) is 0.333. The number of pyridine rings is 1. The summed E-state index contributed by atoms with van der Waals surface area (Å²) in [6, 6.07) is 3.40. The second-order valence-corrected chi connectivity index (χ2v) is 5.21. The van der Waals surface area contributed by atoms with Crippen LogP contribution in [0.25, 0.3) is 10.9 Å². The highest BCUT2D eigenvalue weighted by Gasteiger charge is 2.32. The molecular weight excluding hydrogens is 300 g/mol. The maximum atomic E-state index is 13.9. The van der Waals surface area contributed by atoms with Crippen molar-refractivity contribution in [3.05, 3.63) is 35.8 Å². The van der Waals surface area contributed by atoms with Crippen molar-refractivity contribution in [1.29, 1.82) is 0 Å². The normalized spacial score (nSPS) is 16.4. The Morgan fingerprint density at radius 2 is 1.82 bits per heavy atom. The molecule has 0 spiro atoms. The van der Waals surface area contributed by atoms with Crippen LogP contribution in [0.5, 0.6) is 0 Å². The number of carbonyl (C=O) groups excluding carboxylic acids is 1. The Bertz CT molecular complexity index is 732. The quantitative estimate of drug-likeness (QED) is 0.755. The molecule has 0 radical (unpaired) electrons. The van der Waals surface area contributed by atoms with E-state index in [0.717, 1.165) is 12.1 Å². The van der Waals surface area contributed by atoms with E-state index in [2.05, 4.69) is 4.98 Å². The fourth-order valence-electron chi connectivity index (χ4n) is 2.58. The lowest BCUT2D eigenvalue weighted by Crippen LogP contribution is -2.33. The van der Waals surface area contributed by atoms with Crippen molar-refractivity contribution in [1.82, 2.24) is 4.98 Å². The van der Waals surface area contributed by atoms with Gasteiger partial charge in [0.25, 0.3) is 0 Å². The maximum Gasteiger partial charge on any atom is 0.417 e. The summed E-state index contributed by atoms with van der Waals surface area (Å²) < 4.78 is 52.1. The molecule has 2 heterocycles. The topological polar surface area (TPSA) is 33.2 Å². The number of hydrogen-bond acceptors (Lipinski definition) is 3. The summed E-state index contributed by atoms with van der Waals surface area (Å²) in [5.41, 5.74) is -0.246. The summed E-state index contributed by atoms with van der Waals surface area (Å²) in [7, 11) is 0. The lowest BCUT2D eigenvalue weighted by atomic mass is 10.1. The van der Waals surface area contributed by atoms with Gasteiger partial charge >= 0.3 is 6.18 Å².